The van der Waals surface area contributed by atoms with Crippen molar-refractivity contribution in [3.63, 3.8) is 0 Å². The molecule has 1 aromatic heterocycles. The molecule has 0 aliphatic carbocycles. The fourth-order valence-corrected chi connectivity index (χ4v) is 3.48. The van der Waals surface area contributed by atoms with Gasteiger partial charge >= 0.3 is 0 Å². The van der Waals surface area contributed by atoms with Crippen LogP contribution in [0.25, 0.3) is 5.69 Å². The number of tetrazole rings is 1. The molecule has 2 heterocycles. The number of carbonyl (C=O) groups is 1. The number of aromatic nitrogens is 4. The van der Waals surface area contributed by atoms with E-state index >= 15 is 0 Å². The van der Waals surface area contributed by atoms with Crippen LogP contribution >= 0.6 is 11.8 Å². The molecule has 8 heteroatoms. The van der Waals surface area contributed by atoms with Gasteiger partial charge in [-0.25, -0.2) is 0 Å². The number of hydrogen-bond donors (Lipinski definition) is 0. The molecule has 3 aromatic rings. The summed E-state index contributed by atoms with van der Waals surface area (Å²) in [7, 11) is 0. The molecule has 0 radical (unpaired) electrons. The van der Waals surface area contributed by atoms with E-state index in [4.69, 9.17) is 0 Å². The predicted molar refractivity (Wildman–Crippen MR) is 95.8 cm³/mol. The van der Waals surface area contributed by atoms with Crippen molar-refractivity contribution in [3.05, 3.63) is 60.7 Å². The highest BCUT2D eigenvalue weighted by Crippen LogP contribution is 2.31. The molecule has 0 fully saturated rings. The monoisotopic (exact) mass is 350 g/mol. The van der Waals surface area contributed by atoms with E-state index in [9.17, 15) is 4.79 Å². The summed E-state index contributed by atoms with van der Waals surface area (Å²) in [4.78, 5) is 12.8. The Kier molecular flexibility index (Phi) is 4.02. The molecule has 0 N–H and O–H groups in total. The molecule has 0 saturated heterocycles. The minimum Gasteiger partial charge on any atom is -0.271 e. The van der Waals surface area contributed by atoms with Crippen LogP contribution in [-0.2, 0) is 4.79 Å². The molecule has 0 saturated carbocycles. The SMILES string of the molecule is CC1=NN(c2ccccc2)C(=O)[C@@H]1Sc1nnnn1-c1ccccc1. The third-order valence-electron chi connectivity index (χ3n) is 3.74. The van der Waals surface area contributed by atoms with Gasteiger partial charge in [0.05, 0.1) is 17.1 Å². The molecule has 124 valence electrons. The van der Waals surface area contributed by atoms with Gasteiger partial charge in [-0.05, 0) is 41.6 Å². The van der Waals surface area contributed by atoms with Crippen molar-refractivity contribution >= 4 is 29.1 Å². The van der Waals surface area contributed by atoms with Crippen molar-refractivity contribution in [2.24, 2.45) is 5.10 Å². The molecule has 0 bridgehead atoms. The topological polar surface area (TPSA) is 76.3 Å². The highest BCUT2D eigenvalue weighted by Gasteiger charge is 2.36. The summed E-state index contributed by atoms with van der Waals surface area (Å²) in [6.07, 6.45) is 0. The van der Waals surface area contributed by atoms with E-state index < -0.39 is 5.25 Å². The first kappa shape index (κ1) is 15.5. The third kappa shape index (κ3) is 2.91. The van der Waals surface area contributed by atoms with Gasteiger partial charge in [-0.3, -0.25) is 4.79 Å². The van der Waals surface area contributed by atoms with Crippen LogP contribution in [0.4, 0.5) is 5.69 Å². The van der Waals surface area contributed by atoms with Gasteiger partial charge in [0.25, 0.3) is 5.91 Å². The third-order valence-corrected chi connectivity index (χ3v) is 4.98. The van der Waals surface area contributed by atoms with Crippen molar-refractivity contribution in [3.8, 4) is 5.69 Å². The quantitative estimate of drug-likeness (QED) is 0.723. The largest absolute Gasteiger partial charge is 0.271 e. The number of para-hydroxylation sites is 2. The molecular weight excluding hydrogens is 336 g/mol. The van der Waals surface area contributed by atoms with Gasteiger partial charge < -0.3 is 0 Å². The first-order valence-electron chi connectivity index (χ1n) is 7.68. The summed E-state index contributed by atoms with van der Waals surface area (Å²) in [6.45, 7) is 1.84. The Balaban J connectivity index is 1.60. The maximum atomic E-state index is 12.8. The summed E-state index contributed by atoms with van der Waals surface area (Å²) >= 11 is 1.30. The van der Waals surface area contributed by atoms with Gasteiger partial charge in [-0.1, -0.05) is 48.2 Å². The molecule has 1 amide bonds. The number of hydrogen-bond acceptors (Lipinski definition) is 6. The Morgan fingerprint density at radius 2 is 1.60 bits per heavy atom. The van der Waals surface area contributed by atoms with Crippen molar-refractivity contribution in [2.75, 3.05) is 5.01 Å². The Hall–Kier alpha value is -3.00. The second kappa shape index (κ2) is 6.48. The lowest BCUT2D eigenvalue weighted by molar-refractivity contribution is -0.116. The normalized spacial score (nSPS) is 17.0. The number of hydrazone groups is 1. The summed E-state index contributed by atoms with van der Waals surface area (Å²) in [5, 5.41) is 17.8. The lowest BCUT2D eigenvalue weighted by Gasteiger charge is -2.13. The molecule has 25 heavy (non-hydrogen) atoms. The van der Waals surface area contributed by atoms with E-state index in [0.717, 1.165) is 17.1 Å². The van der Waals surface area contributed by atoms with Gasteiger partial charge in [-0.2, -0.15) is 14.8 Å². The van der Waals surface area contributed by atoms with Crippen molar-refractivity contribution in [2.45, 2.75) is 17.3 Å². The zero-order chi connectivity index (χ0) is 17.2. The standard InChI is InChI=1S/C17H14N6OS/c1-12-15(16(24)22(19-12)13-8-4-2-5-9-13)25-17-18-20-21-23(17)14-10-6-3-7-11-14/h2-11,15H,1H3/t15-/m1/s1. The van der Waals surface area contributed by atoms with Crippen LogP contribution in [0.2, 0.25) is 0 Å². The zero-order valence-electron chi connectivity index (χ0n) is 13.4. The zero-order valence-corrected chi connectivity index (χ0v) is 14.2. The summed E-state index contributed by atoms with van der Waals surface area (Å²) in [5.41, 5.74) is 2.31. The molecule has 7 nitrogen and oxygen atoms in total. The van der Waals surface area contributed by atoms with Crippen LogP contribution in [-0.4, -0.2) is 37.1 Å². The van der Waals surface area contributed by atoms with Gasteiger partial charge in [0.1, 0.15) is 5.25 Å². The van der Waals surface area contributed by atoms with Gasteiger partial charge in [0, 0.05) is 0 Å². The molecule has 2 aromatic carbocycles. The molecular formula is C17H14N6OS. The highest BCUT2D eigenvalue weighted by molar-refractivity contribution is 8.01. The highest BCUT2D eigenvalue weighted by atomic mass is 32.2. The maximum absolute atomic E-state index is 12.8. The van der Waals surface area contributed by atoms with E-state index in [1.165, 1.54) is 16.8 Å². The number of thioether (sulfide) groups is 1. The number of amides is 1. The fourth-order valence-electron chi connectivity index (χ4n) is 2.53. The Morgan fingerprint density at radius 1 is 0.960 bits per heavy atom. The number of anilines is 1. The molecule has 4 rings (SSSR count). The van der Waals surface area contributed by atoms with Crippen molar-refractivity contribution < 1.29 is 4.79 Å². The first-order valence-corrected chi connectivity index (χ1v) is 8.56. The van der Waals surface area contributed by atoms with Crippen LogP contribution in [0.5, 0.6) is 0 Å². The maximum Gasteiger partial charge on any atom is 0.266 e. The number of benzene rings is 2. The summed E-state index contributed by atoms with van der Waals surface area (Å²) < 4.78 is 1.62. The number of nitrogens with zero attached hydrogens (tertiary/aromatic N) is 6. The van der Waals surface area contributed by atoms with E-state index in [0.29, 0.717) is 5.16 Å². The predicted octanol–water partition coefficient (Wildman–Crippen LogP) is 2.55. The van der Waals surface area contributed by atoms with Crippen LogP contribution in [0.3, 0.4) is 0 Å². The van der Waals surface area contributed by atoms with Crippen LogP contribution in [0, 0.1) is 0 Å². The van der Waals surface area contributed by atoms with Crippen molar-refractivity contribution in [1.29, 1.82) is 0 Å². The summed E-state index contributed by atoms with van der Waals surface area (Å²) in [6, 6.07) is 18.9. The summed E-state index contributed by atoms with van der Waals surface area (Å²) in [5.74, 6) is -0.101. The van der Waals surface area contributed by atoms with E-state index in [2.05, 4.69) is 20.6 Å². The molecule has 1 aliphatic rings. The average molecular weight is 350 g/mol. The fraction of sp³-hybridized carbons (Fsp3) is 0.118. The second-order valence-electron chi connectivity index (χ2n) is 5.43. The Bertz CT molecular complexity index is 925. The average Bonchev–Trinajstić information content (AvgIpc) is 3.23. The number of carbonyl (C=O) groups excluding carboxylic acids is 1. The molecule has 1 aliphatic heterocycles. The van der Waals surface area contributed by atoms with Gasteiger partial charge in [-0.15, -0.1) is 5.10 Å². The minimum absolute atomic E-state index is 0.101. The van der Waals surface area contributed by atoms with E-state index in [-0.39, 0.29) is 5.91 Å². The molecule has 0 unspecified atom stereocenters. The second-order valence-corrected chi connectivity index (χ2v) is 6.51. The van der Waals surface area contributed by atoms with E-state index in [1.54, 1.807) is 4.68 Å². The van der Waals surface area contributed by atoms with Crippen molar-refractivity contribution in [1.82, 2.24) is 20.2 Å². The number of rotatable bonds is 4. The van der Waals surface area contributed by atoms with E-state index in [1.807, 2.05) is 67.6 Å². The van der Waals surface area contributed by atoms with Gasteiger partial charge in [0.2, 0.25) is 5.16 Å². The molecule has 0 spiro atoms. The van der Waals surface area contributed by atoms with Crippen LogP contribution in [0.1, 0.15) is 6.92 Å². The smallest absolute Gasteiger partial charge is 0.266 e. The Labute approximate surface area is 148 Å². The van der Waals surface area contributed by atoms with Crippen LogP contribution < -0.4 is 5.01 Å². The lowest BCUT2D eigenvalue weighted by atomic mass is 10.3. The first-order chi connectivity index (χ1) is 12.2. The minimum atomic E-state index is -0.450. The van der Waals surface area contributed by atoms with Gasteiger partial charge in [0.15, 0.2) is 0 Å². The Morgan fingerprint density at radius 3 is 2.28 bits per heavy atom. The lowest BCUT2D eigenvalue weighted by Crippen LogP contribution is -2.29. The molecule has 1 atom stereocenters. The van der Waals surface area contributed by atoms with Crippen LogP contribution in [0.15, 0.2) is 70.9 Å².